The normalized spacial score (nSPS) is 17.3. The molecule has 1 aliphatic rings. The molecule has 0 aromatic carbocycles. The van der Waals surface area contributed by atoms with Crippen molar-refractivity contribution in [2.75, 3.05) is 19.6 Å². The zero-order valence-electron chi connectivity index (χ0n) is 10.7. The standard InChI is InChI=1S/C13H17N3OS/c1-9(2)6-16-7-10(8-16)13-14-12(15-17-13)11-4-3-5-18-11/h3-5,9-10H,6-8H2,1-2H3. The topological polar surface area (TPSA) is 42.2 Å². The average Bonchev–Trinajstić information content (AvgIpc) is 2.92. The van der Waals surface area contributed by atoms with Gasteiger partial charge in [-0.15, -0.1) is 11.3 Å². The molecule has 0 atom stereocenters. The van der Waals surface area contributed by atoms with Crippen molar-refractivity contribution in [3.05, 3.63) is 23.4 Å². The molecule has 2 aromatic heterocycles. The molecule has 1 aliphatic heterocycles. The zero-order valence-corrected chi connectivity index (χ0v) is 11.5. The molecule has 4 nitrogen and oxygen atoms in total. The number of hydrogen-bond donors (Lipinski definition) is 0. The monoisotopic (exact) mass is 263 g/mol. The quantitative estimate of drug-likeness (QED) is 0.850. The van der Waals surface area contributed by atoms with Gasteiger partial charge in [-0.1, -0.05) is 25.1 Å². The fraction of sp³-hybridized carbons (Fsp3) is 0.538. The molecule has 96 valence electrons. The van der Waals surface area contributed by atoms with E-state index >= 15 is 0 Å². The van der Waals surface area contributed by atoms with Crippen molar-refractivity contribution in [3.63, 3.8) is 0 Å². The van der Waals surface area contributed by atoms with E-state index in [1.165, 1.54) is 0 Å². The van der Waals surface area contributed by atoms with Crippen LogP contribution in [0.25, 0.3) is 10.7 Å². The van der Waals surface area contributed by atoms with Crippen LogP contribution in [-0.4, -0.2) is 34.7 Å². The molecule has 3 rings (SSSR count). The van der Waals surface area contributed by atoms with Gasteiger partial charge in [-0.25, -0.2) is 0 Å². The summed E-state index contributed by atoms with van der Waals surface area (Å²) in [5.74, 6) is 2.65. The van der Waals surface area contributed by atoms with Gasteiger partial charge in [0.25, 0.3) is 0 Å². The SMILES string of the molecule is CC(C)CN1CC(c2nc(-c3cccs3)no2)C1. The second-order valence-electron chi connectivity index (χ2n) is 5.24. The fourth-order valence-corrected chi connectivity index (χ4v) is 2.95. The van der Waals surface area contributed by atoms with Crippen molar-refractivity contribution in [1.82, 2.24) is 15.0 Å². The highest BCUT2D eigenvalue weighted by Gasteiger charge is 2.32. The van der Waals surface area contributed by atoms with Gasteiger partial charge < -0.3 is 9.42 Å². The minimum Gasteiger partial charge on any atom is -0.339 e. The number of thiophene rings is 1. The van der Waals surface area contributed by atoms with Crippen LogP contribution >= 0.6 is 11.3 Å². The maximum atomic E-state index is 5.36. The molecule has 0 radical (unpaired) electrons. The number of likely N-dealkylation sites (tertiary alicyclic amines) is 1. The Balaban J connectivity index is 1.62. The molecule has 1 saturated heterocycles. The molecule has 0 unspecified atom stereocenters. The van der Waals surface area contributed by atoms with E-state index in [0.29, 0.717) is 5.92 Å². The first-order chi connectivity index (χ1) is 8.72. The van der Waals surface area contributed by atoms with E-state index in [9.17, 15) is 0 Å². The van der Waals surface area contributed by atoms with Crippen molar-refractivity contribution in [2.24, 2.45) is 5.92 Å². The first-order valence-electron chi connectivity index (χ1n) is 6.32. The Kier molecular flexibility index (Phi) is 3.18. The summed E-state index contributed by atoms with van der Waals surface area (Å²) < 4.78 is 5.36. The molecule has 0 aliphatic carbocycles. The Morgan fingerprint density at radius 1 is 1.50 bits per heavy atom. The Morgan fingerprint density at radius 3 is 3.00 bits per heavy atom. The first kappa shape index (κ1) is 11.9. The summed E-state index contributed by atoms with van der Waals surface area (Å²) in [6.45, 7) is 7.74. The van der Waals surface area contributed by atoms with Gasteiger partial charge in [0.05, 0.1) is 10.8 Å². The van der Waals surface area contributed by atoms with Crippen molar-refractivity contribution in [1.29, 1.82) is 0 Å². The maximum Gasteiger partial charge on any atom is 0.232 e. The molecule has 3 heterocycles. The number of hydrogen-bond acceptors (Lipinski definition) is 5. The molecular weight excluding hydrogens is 246 g/mol. The average molecular weight is 263 g/mol. The number of rotatable bonds is 4. The number of nitrogens with zero attached hydrogens (tertiary/aromatic N) is 3. The van der Waals surface area contributed by atoms with Crippen molar-refractivity contribution < 1.29 is 4.52 Å². The fourth-order valence-electron chi connectivity index (χ4n) is 2.30. The van der Waals surface area contributed by atoms with Crippen LogP contribution in [0.3, 0.4) is 0 Å². The lowest BCUT2D eigenvalue weighted by atomic mass is 9.98. The van der Waals surface area contributed by atoms with E-state index < -0.39 is 0 Å². The smallest absolute Gasteiger partial charge is 0.232 e. The number of aromatic nitrogens is 2. The van der Waals surface area contributed by atoms with Gasteiger partial charge in [-0.3, -0.25) is 0 Å². The van der Waals surface area contributed by atoms with E-state index in [0.717, 1.165) is 42.1 Å². The molecule has 0 saturated carbocycles. The van der Waals surface area contributed by atoms with E-state index in [1.807, 2.05) is 17.5 Å². The lowest BCUT2D eigenvalue weighted by Crippen LogP contribution is -2.46. The van der Waals surface area contributed by atoms with Crippen LogP contribution in [0.4, 0.5) is 0 Å². The van der Waals surface area contributed by atoms with Crippen LogP contribution in [0.1, 0.15) is 25.7 Å². The predicted molar refractivity (Wildman–Crippen MR) is 71.6 cm³/mol. The van der Waals surface area contributed by atoms with E-state index in [-0.39, 0.29) is 0 Å². The van der Waals surface area contributed by atoms with Crippen LogP contribution < -0.4 is 0 Å². The molecule has 2 aromatic rings. The third kappa shape index (κ3) is 2.33. The minimum absolute atomic E-state index is 0.421. The molecular formula is C13H17N3OS. The third-order valence-corrected chi connectivity index (χ3v) is 3.98. The second kappa shape index (κ2) is 4.82. The van der Waals surface area contributed by atoms with Crippen molar-refractivity contribution >= 4 is 11.3 Å². The van der Waals surface area contributed by atoms with E-state index in [2.05, 4.69) is 28.9 Å². The van der Waals surface area contributed by atoms with Crippen LogP contribution in [0.2, 0.25) is 0 Å². The van der Waals surface area contributed by atoms with E-state index in [4.69, 9.17) is 4.52 Å². The van der Waals surface area contributed by atoms with Gasteiger partial charge in [0, 0.05) is 19.6 Å². The maximum absolute atomic E-state index is 5.36. The first-order valence-corrected chi connectivity index (χ1v) is 7.20. The van der Waals surface area contributed by atoms with E-state index in [1.54, 1.807) is 11.3 Å². The third-order valence-electron chi connectivity index (χ3n) is 3.11. The van der Waals surface area contributed by atoms with Crippen LogP contribution in [-0.2, 0) is 0 Å². The lowest BCUT2D eigenvalue weighted by Gasteiger charge is -2.38. The molecule has 0 N–H and O–H groups in total. The molecule has 18 heavy (non-hydrogen) atoms. The lowest BCUT2D eigenvalue weighted by molar-refractivity contribution is 0.111. The van der Waals surface area contributed by atoms with Crippen molar-refractivity contribution in [3.8, 4) is 10.7 Å². The predicted octanol–water partition coefficient (Wildman–Crippen LogP) is 2.85. The summed E-state index contributed by atoms with van der Waals surface area (Å²) in [4.78, 5) is 8.00. The highest BCUT2D eigenvalue weighted by molar-refractivity contribution is 7.13. The molecule has 0 amide bonds. The van der Waals surface area contributed by atoms with Crippen LogP contribution in [0, 0.1) is 5.92 Å². The Bertz CT molecular complexity index is 500. The van der Waals surface area contributed by atoms with Gasteiger partial charge in [-0.2, -0.15) is 4.98 Å². The summed E-state index contributed by atoms with van der Waals surface area (Å²) in [5, 5.41) is 6.08. The highest BCUT2D eigenvalue weighted by atomic mass is 32.1. The summed E-state index contributed by atoms with van der Waals surface area (Å²) in [7, 11) is 0. The van der Waals surface area contributed by atoms with Gasteiger partial charge >= 0.3 is 0 Å². The van der Waals surface area contributed by atoms with Crippen LogP contribution in [0.5, 0.6) is 0 Å². The molecule has 0 bridgehead atoms. The highest BCUT2D eigenvalue weighted by Crippen LogP contribution is 2.29. The summed E-state index contributed by atoms with van der Waals surface area (Å²) >= 11 is 1.64. The Morgan fingerprint density at radius 2 is 2.33 bits per heavy atom. The molecule has 5 heteroatoms. The van der Waals surface area contributed by atoms with Crippen molar-refractivity contribution in [2.45, 2.75) is 19.8 Å². The minimum atomic E-state index is 0.421. The Labute approximate surface area is 111 Å². The zero-order chi connectivity index (χ0) is 12.5. The molecule has 1 fully saturated rings. The Hall–Kier alpha value is -1.20. The molecule has 0 spiro atoms. The largest absolute Gasteiger partial charge is 0.339 e. The van der Waals surface area contributed by atoms with Gasteiger partial charge in [-0.05, 0) is 17.4 Å². The second-order valence-corrected chi connectivity index (χ2v) is 6.19. The summed E-state index contributed by atoms with van der Waals surface area (Å²) in [6, 6.07) is 4.02. The van der Waals surface area contributed by atoms with Gasteiger partial charge in [0.15, 0.2) is 0 Å². The summed E-state index contributed by atoms with van der Waals surface area (Å²) in [6.07, 6.45) is 0. The van der Waals surface area contributed by atoms with Gasteiger partial charge in [0.2, 0.25) is 11.7 Å². The summed E-state index contributed by atoms with van der Waals surface area (Å²) in [5.41, 5.74) is 0. The van der Waals surface area contributed by atoms with Crippen LogP contribution in [0.15, 0.2) is 22.0 Å². The van der Waals surface area contributed by atoms with Gasteiger partial charge in [0.1, 0.15) is 0 Å².